The Hall–Kier alpha value is -2.69. The first-order valence-corrected chi connectivity index (χ1v) is 8.08. The third-order valence-electron chi connectivity index (χ3n) is 3.35. The second kappa shape index (κ2) is 9.86. The lowest BCUT2D eigenvalue weighted by Crippen LogP contribution is -2.66. The van der Waals surface area contributed by atoms with E-state index in [4.69, 9.17) is 23.7 Å². The lowest BCUT2D eigenvalue weighted by molar-refractivity contribution is -0.270. The normalized spacial score (nSPS) is 27.1. The molecule has 0 aromatic rings. The van der Waals surface area contributed by atoms with Gasteiger partial charge in [0.15, 0.2) is 12.2 Å². The minimum atomic E-state index is -1.37. The molecule has 1 N–H and O–H groups in total. The van der Waals surface area contributed by atoms with Crippen LogP contribution in [-0.4, -0.2) is 67.0 Å². The number of amides is 1. The van der Waals surface area contributed by atoms with E-state index in [1.807, 2.05) is 0 Å². The fourth-order valence-electron chi connectivity index (χ4n) is 2.55. The maximum absolute atomic E-state index is 11.6. The minimum Gasteiger partial charge on any atom is -0.463 e. The van der Waals surface area contributed by atoms with Crippen molar-refractivity contribution in [2.45, 2.75) is 65.3 Å². The molecule has 5 atom stereocenters. The van der Waals surface area contributed by atoms with E-state index >= 15 is 0 Å². The molecule has 0 aromatic heterocycles. The van der Waals surface area contributed by atoms with Crippen LogP contribution in [0.1, 0.15) is 34.6 Å². The quantitative estimate of drug-likeness (QED) is 0.453. The average molecular weight is 389 g/mol. The summed E-state index contributed by atoms with van der Waals surface area (Å²) in [6.45, 7) is 5.36. The molecule has 0 saturated carbocycles. The number of nitrogens with one attached hydrogen (secondary N) is 1. The van der Waals surface area contributed by atoms with Gasteiger partial charge in [0, 0.05) is 34.6 Å². The summed E-state index contributed by atoms with van der Waals surface area (Å²) in [7, 11) is 0. The lowest BCUT2D eigenvalue weighted by Gasteiger charge is -2.44. The van der Waals surface area contributed by atoms with E-state index in [-0.39, 0.29) is 6.61 Å². The van der Waals surface area contributed by atoms with E-state index in [1.54, 1.807) is 0 Å². The number of esters is 4. The molecule has 1 amide bonds. The van der Waals surface area contributed by atoms with Crippen molar-refractivity contribution < 1.29 is 47.7 Å². The predicted octanol–water partition coefficient (Wildman–Crippen LogP) is -0.794. The Morgan fingerprint density at radius 3 is 1.74 bits per heavy atom. The van der Waals surface area contributed by atoms with Crippen molar-refractivity contribution in [3.05, 3.63) is 0 Å². The van der Waals surface area contributed by atoms with Crippen LogP contribution in [0.25, 0.3) is 0 Å². The summed E-state index contributed by atoms with van der Waals surface area (Å²) in [6.07, 6.45) is -4.97. The molecule has 11 nitrogen and oxygen atoms in total. The second-order valence-electron chi connectivity index (χ2n) is 5.83. The largest absolute Gasteiger partial charge is 0.463 e. The molecule has 1 fully saturated rings. The van der Waals surface area contributed by atoms with Gasteiger partial charge in [-0.05, 0) is 0 Å². The van der Waals surface area contributed by atoms with E-state index in [0.29, 0.717) is 0 Å². The zero-order valence-electron chi connectivity index (χ0n) is 15.7. The van der Waals surface area contributed by atoms with Crippen molar-refractivity contribution in [1.82, 2.24) is 5.32 Å². The highest BCUT2D eigenvalue weighted by Gasteiger charge is 2.52. The summed E-state index contributed by atoms with van der Waals surface area (Å²) < 4.78 is 25.9. The molecule has 152 valence electrons. The van der Waals surface area contributed by atoms with Gasteiger partial charge in [0.05, 0.1) is 0 Å². The summed E-state index contributed by atoms with van der Waals surface area (Å²) in [5, 5.41) is 2.46. The van der Waals surface area contributed by atoms with Crippen molar-refractivity contribution in [2.75, 3.05) is 6.61 Å². The van der Waals surface area contributed by atoms with Crippen LogP contribution in [0.4, 0.5) is 0 Å². The molecule has 27 heavy (non-hydrogen) atoms. The zero-order chi connectivity index (χ0) is 20.7. The number of hydrogen-bond acceptors (Lipinski definition) is 10. The molecule has 0 bridgehead atoms. The van der Waals surface area contributed by atoms with Crippen LogP contribution in [0.3, 0.4) is 0 Å². The lowest BCUT2D eigenvalue weighted by atomic mass is 9.96. The maximum atomic E-state index is 11.6. The van der Waals surface area contributed by atoms with Crippen LogP contribution in [0, 0.1) is 0 Å². The van der Waals surface area contributed by atoms with E-state index in [9.17, 15) is 24.0 Å². The van der Waals surface area contributed by atoms with E-state index in [1.165, 1.54) is 6.92 Å². The van der Waals surface area contributed by atoms with Gasteiger partial charge in [-0.2, -0.15) is 0 Å². The van der Waals surface area contributed by atoms with Gasteiger partial charge in [0.1, 0.15) is 18.8 Å². The number of rotatable bonds is 6. The molecule has 1 aliphatic heterocycles. The molecule has 1 aliphatic rings. The van der Waals surface area contributed by atoms with Gasteiger partial charge >= 0.3 is 23.9 Å². The molecule has 2 unspecified atom stereocenters. The molecule has 0 aliphatic carbocycles. The Labute approximate surface area is 155 Å². The predicted molar refractivity (Wildman–Crippen MR) is 85.8 cm³/mol. The van der Waals surface area contributed by atoms with Gasteiger partial charge in [-0.3, -0.25) is 24.0 Å². The molecule has 0 aromatic carbocycles. The number of carbonyl (C=O) groups is 5. The van der Waals surface area contributed by atoms with Crippen molar-refractivity contribution in [3.8, 4) is 0 Å². The summed E-state index contributed by atoms with van der Waals surface area (Å²) >= 11 is 0. The molecule has 1 rings (SSSR count). The van der Waals surface area contributed by atoms with E-state index in [0.717, 1.165) is 27.7 Å². The highest BCUT2D eigenvalue weighted by molar-refractivity contribution is 5.74. The first-order chi connectivity index (χ1) is 12.5. The molecule has 0 radical (unpaired) electrons. The molecular formula is C16H23NO10. The zero-order valence-corrected chi connectivity index (χ0v) is 15.7. The van der Waals surface area contributed by atoms with E-state index in [2.05, 4.69) is 5.32 Å². The Bertz CT molecular complexity index is 604. The third kappa shape index (κ3) is 7.21. The fourth-order valence-corrected chi connectivity index (χ4v) is 2.55. The van der Waals surface area contributed by atoms with Crippen LogP contribution in [0.15, 0.2) is 0 Å². The van der Waals surface area contributed by atoms with Crippen LogP contribution in [0.5, 0.6) is 0 Å². The van der Waals surface area contributed by atoms with Gasteiger partial charge in [-0.25, -0.2) is 0 Å². The molecule has 11 heteroatoms. The Morgan fingerprint density at radius 1 is 0.778 bits per heavy atom. The Kier molecular flexibility index (Phi) is 8.16. The van der Waals surface area contributed by atoms with Crippen LogP contribution < -0.4 is 5.32 Å². The van der Waals surface area contributed by atoms with Crippen molar-refractivity contribution in [3.63, 3.8) is 0 Å². The average Bonchev–Trinajstić information content (AvgIpc) is 2.49. The summed E-state index contributed by atoms with van der Waals surface area (Å²) in [4.78, 5) is 57.2. The highest BCUT2D eigenvalue weighted by Crippen LogP contribution is 2.28. The smallest absolute Gasteiger partial charge is 0.305 e. The van der Waals surface area contributed by atoms with Crippen molar-refractivity contribution in [1.29, 1.82) is 0 Å². The van der Waals surface area contributed by atoms with Crippen molar-refractivity contribution >= 4 is 29.8 Å². The van der Waals surface area contributed by atoms with Gasteiger partial charge in [0.2, 0.25) is 12.2 Å². The van der Waals surface area contributed by atoms with Crippen LogP contribution in [0.2, 0.25) is 0 Å². The van der Waals surface area contributed by atoms with Gasteiger partial charge in [-0.15, -0.1) is 0 Å². The topological polar surface area (TPSA) is 144 Å². The SMILES string of the molecule is CC(=O)N[C@H]1C(OC(C)=O)[C@@H](OC(C)=O)C(COC(C)=O)O[C@H]1OC(C)=O. The van der Waals surface area contributed by atoms with Gasteiger partial charge in [0.25, 0.3) is 0 Å². The van der Waals surface area contributed by atoms with Crippen LogP contribution in [-0.2, 0) is 47.7 Å². The van der Waals surface area contributed by atoms with E-state index < -0.39 is 60.4 Å². The minimum absolute atomic E-state index is 0.365. The molecular weight excluding hydrogens is 366 g/mol. The maximum Gasteiger partial charge on any atom is 0.305 e. The standard InChI is InChI=1S/C16H23NO10/c1-7(18)17-13-15(25-10(4)21)14(24-9(3)20)12(6-23-8(2)19)27-16(13)26-11(5)22/h12-16H,6H2,1-5H3,(H,17,18)/t12?,13-,14-,15?,16+/m0/s1. The first-order valence-electron chi connectivity index (χ1n) is 8.08. The van der Waals surface area contributed by atoms with Gasteiger partial charge < -0.3 is 29.0 Å². The second-order valence-corrected chi connectivity index (χ2v) is 5.83. The van der Waals surface area contributed by atoms with Crippen LogP contribution >= 0.6 is 0 Å². The summed E-state index contributed by atoms with van der Waals surface area (Å²) in [5.41, 5.74) is 0. The molecule has 1 heterocycles. The number of carbonyl (C=O) groups excluding carboxylic acids is 5. The summed E-state index contributed by atoms with van der Waals surface area (Å²) in [6, 6.07) is -1.16. The summed E-state index contributed by atoms with van der Waals surface area (Å²) in [5.74, 6) is -3.34. The number of hydrogen-bond donors (Lipinski definition) is 1. The fraction of sp³-hybridized carbons (Fsp3) is 0.688. The monoisotopic (exact) mass is 389 g/mol. The first kappa shape index (κ1) is 22.4. The third-order valence-corrected chi connectivity index (χ3v) is 3.35. The highest BCUT2D eigenvalue weighted by atomic mass is 16.7. The Balaban J connectivity index is 3.29. The molecule has 0 spiro atoms. The number of ether oxygens (including phenoxy) is 5. The Morgan fingerprint density at radius 2 is 1.30 bits per heavy atom. The van der Waals surface area contributed by atoms with Crippen molar-refractivity contribution in [2.24, 2.45) is 0 Å². The molecule has 1 saturated heterocycles. The van der Waals surface area contributed by atoms with Gasteiger partial charge in [-0.1, -0.05) is 0 Å².